The summed E-state index contributed by atoms with van der Waals surface area (Å²) in [6.07, 6.45) is 1.30. The molecule has 2 rings (SSSR count). The van der Waals surface area contributed by atoms with E-state index in [1.54, 1.807) is 13.0 Å². The van der Waals surface area contributed by atoms with Crippen LogP contribution >= 0.6 is 27.5 Å². The zero-order valence-corrected chi connectivity index (χ0v) is 12.7. The Morgan fingerprint density at radius 2 is 2.15 bits per heavy atom. The molecule has 104 valence electrons. The average molecular weight is 359 g/mol. The standard InChI is InChI=1S/C13H10BrClFN3O/c1-6-2-8(14)9(16)4-11(6)19-13(20)7-3-12(15)18-5-10(7)17/h2-5H,17H2,1H3,(H,19,20). The third-order valence-corrected chi connectivity index (χ3v) is 3.48. The first-order chi connectivity index (χ1) is 9.38. The number of anilines is 2. The summed E-state index contributed by atoms with van der Waals surface area (Å²) in [6.45, 7) is 1.75. The van der Waals surface area contributed by atoms with Crippen LogP contribution in [0.1, 0.15) is 15.9 Å². The van der Waals surface area contributed by atoms with Gasteiger partial charge < -0.3 is 11.1 Å². The van der Waals surface area contributed by atoms with Gasteiger partial charge in [0.1, 0.15) is 11.0 Å². The van der Waals surface area contributed by atoms with Gasteiger partial charge in [-0.1, -0.05) is 11.6 Å². The monoisotopic (exact) mass is 357 g/mol. The molecule has 1 aromatic heterocycles. The van der Waals surface area contributed by atoms with Crippen LogP contribution in [0.3, 0.4) is 0 Å². The number of nitrogens with two attached hydrogens (primary N) is 1. The number of hydrogen-bond donors (Lipinski definition) is 2. The first-order valence-corrected chi connectivity index (χ1v) is 6.73. The molecule has 0 unspecified atom stereocenters. The summed E-state index contributed by atoms with van der Waals surface area (Å²) < 4.78 is 13.8. The number of pyridine rings is 1. The van der Waals surface area contributed by atoms with E-state index in [0.29, 0.717) is 15.7 Å². The van der Waals surface area contributed by atoms with Crippen molar-refractivity contribution in [3.63, 3.8) is 0 Å². The highest BCUT2D eigenvalue weighted by atomic mass is 79.9. The van der Waals surface area contributed by atoms with Gasteiger partial charge in [0.25, 0.3) is 5.91 Å². The SMILES string of the molecule is Cc1cc(Br)c(F)cc1NC(=O)c1cc(Cl)ncc1N. The molecule has 1 aromatic carbocycles. The van der Waals surface area contributed by atoms with Crippen LogP contribution in [0.2, 0.25) is 5.15 Å². The first kappa shape index (κ1) is 14.7. The van der Waals surface area contributed by atoms with Gasteiger partial charge in [0.05, 0.1) is 21.9 Å². The summed E-state index contributed by atoms with van der Waals surface area (Å²) in [4.78, 5) is 15.9. The normalized spacial score (nSPS) is 10.4. The molecule has 0 aliphatic heterocycles. The molecule has 0 aliphatic carbocycles. The molecule has 0 radical (unpaired) electrons. The third kappa shape index (κ3) is 3.08. The zero-order chi connectivity index (χ0) is 14.9. The lowest BCUT2D eigenvalue weighted by atomic mass is 10.1. The van der Waals surface area contributed by atoms with Crippen molar-refractivity contribution in [2.75, 3.05) is 11.1 Å². The summed E-state index contributed by atoms with van der Waals surface area (Å²) >= 11 is 8.81. The number of amides is 1. The van der Waals surface area contributed by atoms with Crippen molar-refractivity contribution in [1.82, 2.24) is 4.98 Å². The summed E-state index contributed by atoms with van der Waals surface area (Å²) in [5.74, 6) is -0.941. The number of aromatic nitrogens is 1. The van der Waals surface area contributed by atoms with Gasteiger partial charge in [-0.3, -0.25) is 4.79 Å². The molecule has 4 nitrogen and oxygen atoms in total. The predicted octanol–water partition coefficient (Wildman–Crippen LogP) is 3.78. The summed E-state index contributed by atoms with van der Waals surface area (Å²) in [5.41, 5.74) is 7.13. The fourth-order valence-corrected chi connectivity index (χ4v) is 2.22. The van der Waals surface area contributed by atoms with Crippen molar-refractivity contribution < 1.29 is 9.18 Å². The first-order valence-electron chi connectivity index (χ1n) is 5.56. The van der Waals surface area contributed by atoms with E-state index < -0.39 is 11.7 Å². The highest BCUT2D eigenvalue weighted by Crippen LogP contribution is 2.25. The van der Waals surface area contributed by atoms with E-state index in [1.165, 1.54) is 18.3 Å². The maximum absolute atomic E-state index is 13.5. The summed E-state index contributed by atoms with van der Waals surface area (Å²) in [6, 6.07) is 4.17. The molecule has 1 amide bonds. The molecule has 0 spiro atoms. The summed E-state index contributed by atoms with van der Waals surface area (Å²) in [7, 11) is 0. The van der Waals surface area contributed by atoms with Crippen LogP contribution in [-0.4, -0.2) is 10.9 Å². The van der Waals surface area contributed by atoms with E-state index >= 15 is 0 Å². The molecule has 2 aromatic rings. The largest absolute Gasteiger partial charge is 0.397 e. The number of benzene rings is 1. The van der Waals surface area contributed by atoms with E-state index in [0.717, 1.165) is 0 Å². The van der Waals surface area contributed by atoms with Crippen LogP contribution in [-0.2, 0) is 0 Å². The van der Waals surface area contributed by atoms with Crippen molar-refractivity contribution in [3.05, 3.63) is 51.0 Å². The minimum Gasteiger partial charge on any atom is -0.397 e. The zero-order valence-electron chi connectivity index (χ0n) is 10.4. The number of carbonyl (C=O) groups excluding carboxylic acids is 1. The van der Waals surface area contributed by atoms with Crippen LogP contribution in [0, 0.1) is 12.7 Å². The van der Waals surface area contributed by atoms with Gasteiger partial charge >= 0.3 is 0 Å². The number of rotatable bonds is 2. The topological polar surface area (TPSA) is 68.0 Å². The Labute approximate surface area is 128 Å². The molecule has 0 saturated heterocycles. The fraction of sp³-hybridized carbons (Fsp3) is 0.0769. The van der Waals surface area contributed by atoms with Crippen molar-refractivity contribution >= 4 is 44.8 Å². The number of aryl methyl sites for hydroxylation is 1. The van der Waals surface area contributed by atoms with Crippen molar-refractivity contribution in [2.24, 2.45) is 0 Å². The highest BCUT2D eigenvalue weighted by molar-refractivity contribution is 9.10. The van der Waals surface area contributed by atoms with Crippen LogP contribution in [0.4, 0.5) is 15.8 Å². The lowest BCUT2D eigenvalue weighted by molar-refractivity contribution is 0.102. The highest BCUT2D eigenvalue weighted by Gasteiger charge is 2.13. The molecule has 0 aliphatic rings. The molecule has 20 heavy (non-hydrogen) atoms. The lowest BCUT2D eigenvalue weighted by Gasteiger charge is -2.11. The molecule has 1 heterocycles. The van der Waals surface area contributed by atoms with Crippen molar-refractivity contribution in [1.29, 1.82) is 0 Å². The number of carbonyl (C=O) groups is 1. The van der Waals surface area contributed by atoms with Crippen molar-refractivity contribution in [3.8, 4) is 0 Å². The number of nitrogens with zero attached hydrogens (tertiary/aromatic N) is 1. The van der Waals surface area contributed by atoms with Crippen LogP contribution in [0.15, 0.2) is 28.9 Å². The average Bonchev–Trinajstić information content (AvgIpc) is 2.38. The Morgan fingerprint density at radius 1 is 1.45 bits per heavy atom. The fourth-order valence-electron chi connectivity index (χ4n) is 1.61. The molecular weight excluding hydrogens is 349 g/mol. The molecular formula is C13H10BrClFN3O. The Kier molecular flexibility index (Phi) is 4.25. The van der Waals surface area contributed by atoms with Gasteiger partial charge in [0.15, 0.2) is 0 Å². The number of nitrogens with one attached hydrogen (secondary N) is 1. The second kappa shape index (κ2) is 5.76. The Morgan fingerprint density at radius 3 is 2.85 bits per heavy atom. The number of hydrogen-bond acceptors (Lipinski definition) is 3. The van der Waals surface area contributed by atoms with Crippen LogP contribution < -0.4 is 11.1 Å². The number of nitrogen functional groups attached to an aromatic ring is 1. The number of halogens is 3. The van der Waals surface area contributed by atoms with E-state index in [1.807, 2.05) is 0 Å². The molecule has 3 N–H and O–H groups in total. The van der Waals surface area contributed by atoms with Gasteiger partial charge in [-0.25, -0.2) is 9.37 Å². The smallest absolute Gasteiger partial charge is 0.257 e. The second-order valence-corrected chi connectivity index (χ2v) is 5.37. The molecule has 0 atom stereocenters. The predicted molar refractivity (Wildman–Crippen MR) is 80.4 cm³/mol. The maximum Gasteiger partial charge on any atom is 0.257 e. The van der Waals surface area contributed by atoms with Gasteiger partial charge in [0, 0.05) is 5.69 Å². The molecule has 7 heteroatoms. The second-order valence-electron chi connectivity index (χ2n) is 4.13. The Balaban J connectivity index is 2.32. The maximum atomic E-state index is 13.5. The van der Waals surface area contributed by atoms with Crippen LogP contribution in [0.5, 0.6) is 0 Å². The van der Waals surface area contributed by atoms with Crippen LogP contribution in [0.25, 0.3) is 0 Å². The van der Waals surface area contributed by atoms with E-state index in [2.05, 4.69) is 26.2 Å². The molecule has 0 saturated carbocycles. The van der Waals surface area contributed by atoms with Gasteiger partial charge in [-0.15, -0.1) is 0 Å². The minimum atomic E-state index is -0.475. The summed E-state index contributed by atoms with van der Waals surface area (Å²) in [5, 5.41) is 2.75. The third-order valence-electron chi connectivity index (χ3n) is 2.66. The molecule has 0 fully saturated rings. The van der Waals surface area contributed by atoms with Gasteiger partial charge in [-0.05, 0) is 46.6 Å². The Bertz CT molecular complexity index is 694. The quantitative estimate of drug-likeness (QED) is 0.803. The van der Waals surface area contributed by atoms with Gasteiger partial charge in [0.2, 0.25) is 0 Å². The minimum absolute atomic E-state index is 0.156. The lowest BCUT2D eigenvalue weighted by Crippen LogP contribution is -2.15. The van der Waals surface area contributed by atoms with E-state index in [9.17, 15) is 9.18 Å². The Hall–Kier alpha value is -1.66. The van der Waals surface area contributed by atoms with E-state index in [-0.39, 0.29) is 16.4 Å². The van der Waals surface area contributed by atoms with E-state index in [4.69, 9.17) is 17.3 Å². The van der Waals surface area contributed by atoms with Crippen molar-refractivity contribution in [2.45, 2.75) is 6.92 Å². The van der Waals surface area contributed by atoms with Gasteiger partial charge in [-0.2, -0.15) is 0 Å². The molecule has 0 bridgehead atoms.